The van der Waals surface area contributed by atoms with Crippen LogP contribution in [-0.2, 0) is 0 Å². The van der Waals surface area contributed by atoms with Gasteiger partial charge in [0, 0.05) is 24.5 Å². The summed E-state index contributed by atoms with van der Waals surface area (Å²) in [7, 11) is 1.39. The average molecular weight is 421 g/mol. The molecule has 3 aromatic rings. The van der Waals surface area contributed by atoms with Gasteiger partial charge in [0.25, 0.3) is 11.4 Å². The summed E-state index contributed by atoms with van der Waals surface area (Å²) >= 11 is 0. The smallest absolute Gasteiger partial charge is 0.344 e. The Bertz CT molecular complexity index is 1140. The molecule has 0 bridgehead atoms. The normalized spacial score (nSPS) is 10.6. The van der Waals surface area contributed by atoms with Gasteiger partial charge in [0.15, 0.2) is 11.5 Å². The third-order valence-electron chi connectivity index (χ3n) is 4.12. The van der Waals surface area contributed by atoms with Crippen molar-refractivity contribution < 1.29 is 24.1 Å². The number of esters is 1. The quantitative estimate of drug-likeness (QED) is 0.238. The number of methoxy groups -OCH3 is 1. The first-order chi connectivity index (χ1) is 14.9. The molecule has 0 aliphatic rings. The van der Waals surface area contributed by atoms with Gasteiger partial charge in [-0.15, -0.1) is 0 Å². The van der Waals surface area contributed by atoms with Crippen LogP contribution in [0.3, 0.4) is 0 Å². The van der Waals surface area contributed by atoms with E-state index in [9.17, 15) is 25.0 Å². The van der Waals surface area contributed by atoms with E-state index in [0.29, 0.717) is 0 Å². The van der Waals surface area contributed by atoms with Crippen LogP contribution in [0.25, 0.3) is 12.2 Å². The van der Waals surface area contributed by atoms with E-state index in [1.54, 1.807) is 24.5 Å². The van der Waals surface area contributed by atoms with Crippen molar-refractivity contribution in [3.05, 3.63) is 97.8 Å². The first kappa shape index (κ1) is 21.1. The molecule has 10 nitrogen and oxygen atoms in total. The molecule has 0 unspecified atom stereocenters. The number of ether oxygens (including phenoxy) is 2. The number of nitro groups is 2. The number of nitro benzene ring substituents is 2. The highest BCUT2D eigenvalue weighted by Gasteiger charge is 2.22. The minimum Gasteiger partial charge on any atom is -0.493 e. The molecular weight excluding hydrogens is 406 g/mol. The van der Waals surface area contributed by atoms with Crippen LogP contribution >= 0.6 is 0 Å². The first-order valence-electron chi connectivity index (χ1n) is 8.79. The Hall–Kier alpha value is -4.60. The van der Waals surface area contributed by atoms with Gasteiger partial charge in [0.2, 0.25) is 0 Å². The van der Waals surface area contributed by atoms with Crippen LogP contribution in [0.2, 0.25) is 0 Å². The van der Waals surface area contributed by atoms with E-state index < -0.39 is 27.2 Å². The minimum atomic E-state index is -0.995. The first-order valence-corrected chi connectivity index (χ1v) is 8.79. The molecule has 0 radical (unpaired) electrons. The third kappa shape index (κ3) is 5.26. The summed E-state index contributed by atoms with van der Waals surface area (Å²) in [4.78, 5) is 36.8. The lowest BCUT2D eigenvalue weighted by molar-refractivity contribution is -0.394. The number of pyridine rings is 1. The highest BCUT2D eigenvalue weighted by Crippen LogP contribution is 2.30. The van der Waals surface area contributed by atoms with E-state index in [1.807, 2.05) is 24.3 Å². The van der Waals surface area contributed by atoms with Crippen LogP contribution < -0.4 is 9.47 Å². The summed E-state index contributed by atoms with van der Waals surface area (Å²) in [5, 5.41) is 22.0. The summed E-state index contributed by atoms with van der Waals surface area (Å²) < 4.78 is 10.5. The Morgan fingerprint density at radius 2 is 1.48 bits per heavy atom. The molecule has 0 amide bonds. The van der Waals surface area contributed by atoms with Crippen LogP contribution in [0, 0.1) is 20.2 Å². The van der Waals surface area contributed by atoms with Gasteiger partial charge in [-0.3, -0.25) is 25.2 Å². The van der Waals surface area contributed by atoms with Crippen LogP contribution in [0.4, 0.5) is 11.4 Å². The highest BCUT2D eigenvalue weighted by atomic mass is 16.6. The molecule has 156 valence electrons. The number of non-ortho nitro benzene ring substituents is 2. The predicted molar refractivity (Wildman–Crippen MR) is 111 cm³/mol. The lowest BCUT2D eigenvalue weighted by Crippen LogP contribution is -2.10. The van der Waals surface area contributed by atoms with Crippen LogP contribution in [-0.4, -0.2) is 27.9 Å². The van der Waals surface area contributed by atoms with E-state index in [4.69, 9.17) is 9.47 Å². The Morgan fingerprint density at radius 3 is 2.06 bits per heavy atom. The number of carbonyl (C=O) groups is 1. The number of carbonyl (C=O) groups excluding carboxylic acids is 1. The Morgan fingerprint density at radius 1 is 0.871 bits per heavy atom. The summed E-state index contributed by atoms with van der Waals surface area (Å²) in [6.07, 6.45) is 7.03. The maximum absolute atomic E-state index is 12.5. The van der Waals surface area contributed by atoms with Gasteiger partial charge in [0.1, 0.15) is 0 Å². The lowest BCUT2D eigenvalue weighted by atomic mass is 10.1. The Labute approximate surface area is 175 Å². The minimum absolute atomic E-state index is 0.0581. The second-order valence-electron chi connectivity index (χ2n) is 6.17. The molecule has 0 aliphatic heterocycles. The van der Waals surface area contributed by atoms with Gasteiger partial charge >= 0.3 is 5.97 Å². The van der Waals surface area contributed by atoms with E-state index >= 15 is 0 Å². The third-order valence-corrected chi connectivity index (χ3v) is 4.12. The fourth-order valence-corrected chi connectivity index (χ4v) is 2.62. The molecule has 0 aliphatic carbocycles. The maximum Gasteiger partial charge on any atom is 0.344 e. The fraction of sp³-hybridized carbons (Fsp3) is 0.0476. The van der Waals surface area contributed by atoms with Gasteiger partial charge in [-0.2, -0.15) is 0 Å². The van der Waals surface area contributed by atoms with Gasteiger partial charge < -0.3 is 9.47 Å². The standard InChI is InChI=1S/C21H15N3O7/c1-30-20-10-15(3-2-14-6-8-22-9-7-14)4-5-19(20)31-21(25)16-11-17(23(26)27)13-18(12-16)24(28)29/h2-13H,1H3/b3-2+. The van der Waals surface area contributed by atoms with Gasteiger partial charge in [-0.05, 0) is 35.4 Å². The van der Waals surface area contributed by atoms with Crippen LogP contribution in [0.1, 0.15) is 21.5 Å². The molecule has 0 N–H and O–H groups in total. The van der Waals surface area contributed by atoms with E-state index in [-0.39, 0.29) is 17.1 Å². The number of aromatic nitrogens is 1. The molecular formula is C21H15N3O7. The summed E-state index contributed by atoms with van der Waals surface area (Å²) in [5.41, 5.74) is 0.190. The average Bonchev–Trinajstić information content (AvgIpc) is 2.78. The van der Waals surface area contributed by atoms with Crippen molar-refractivity contribution in [1.82, 2.24) is 4.98 Å². The summed E-state index contributed by atoms with van der Waals surface area (Å²) in [6.45, 7) is 0. The van der Waals surface area contributed by atoms with Gasteiger partial charge in [-0.25, -0.2) is 4.79 Å². The maximum atomic E-state index is 12.5. The second-order valence-corrected chi connectivity index (χ2v) is 6.17. The molecule has 0 atom stereocenters. The zero-order valence-electron chi connectivity index (χ0n) is 16.1. The molecule has 1 aromatic heterocycles. The molecule has 31 heavy (non-hydrogen) atoms. The summed E-state index contributed by atoms with van der Waals surface area (Å²) in [6, 6.07) is 11.1. The van der Waals surface area contributed by atoms with Crippen molar-refractivity contribution >= 4 is 29.5 Å². The van der Waals surface area contributed by atoms with Crippen molar-refractivity contribution in [2.75, 3.05) is 7.11 Å². The van der Waals surface area contributed by atoms with Crippen molar-refractivity contribution in [1.29, 1.82) is 0 Å². The second kappa shape index (κ2) is 9.27. The summed E-state index contributed by atoms with van der Waals surface area (Å²) in [5.74, 6) is -0.696. The molecule has 2 aromatic carbocycles. The predicted octanol–water partition coefficient (Wildman–Crippen LogP) is 4.30. The van der Waals surface area contributed by atoms with Gasteiger partial charge in [-0.1, -0.05) is 18.2 Å². The monoisotopic (exact) mass is 421 g/mol. The van der Waals surface area contributed by atoms with Crippen molar-refractivity contribution in [2.45, 2.75) is 0 Å². The lowest BCUT2D eigenvalue weighted by Gasteiger charge is -2.10. The number of hydrogen-bond acceptors (Lipinski definition) is 8. The fourth-order valence-electron chi connectivity index (χ4n) is 2.62. The molecule has 0 saturated carbocycles. The van der Waals surface area contributed by atoms with Crippen molar-refractivity contribution in [3.8, 4) is 11.5 Å². The van der Waals surface area contributed by atoms with E-state index in [0.717, 1.165) is 29.3 Å². The number of rotatable bonds is 7. The van der Waals surface area contributed by atoms with Crippen molar-refractivity contribution in [3.63, 3.8) is 0 Å². The molecule has 0 saturated heterocycles. The number of hydrogen-bond donors (Lipinski definition) is 0. The molecule has 1 heterocycles. The largest absolute Gasteiger partial charge is 0.493 e. The van der Waals surface area contributed by atoms with Crippen molar-refractivity contribution in [2.24, 2.45) is 0 Å². The Kier molecular flexibility index (Phi) is 6.31. The molecule has 0 spiro atoms. The Balaban J connectivity index is 1.85. The van der Waals surface area contributed by atoms with Crippen LogP contribution in [0.5, 0.6) is 11.5 Å². The van der Waals surface area contributed by atoms with E-state index in [2.05, 4.69) is 4.98 Å². The number of nitrogens with zero attached hydrogens (tertiary/aromatic N) is 3. The SMILES string of the molecule is COc1cc(/C=C/c2ccncc2)ccc1OC(=O)c1cc([N+](=O)[O-])cc([N+](=O)[O-])c1. The topological polar surface area (TPSA) is 135 Å². The number of benzene rings is 2. The molecule has 10 heteroatoms. The highest BCUT2D eigenvalue weighted by molar-refractivity contribution is 5.93. The van der Waals surface area contributed by atoms with Crippen LogP contribution in [0.15, 0.2) is 60.9 Å². The van der Waals surface area contributed by atoms with Gasteiger partial charge in [0.05, 0.1) is 28.6 Å². The zero-order valence-corrected chi connectivity index (χ0v) is 16.1. The molecule has 0 fully saturated rings. The zero-order chi connectivity index (χ0) is 22.4. The molecule has 3 rings (SSSR count). The van der Waals surface area contributed by atoms with E-state index in [1.165, 1.54) is 13.2 Å².